The minimum atomic E-state index is -3.81. The van der Waals surface area contributed by atoms with Crippen LogP contribution >= 0.6 is 11.6 Å². The zero-order valence-corrected chi connectivity index (χ0v) is 20.0. The Balaban J connectivity index is 1.87. The number of anilines is 1. The van der Waals surface area contributed by atoms with Gasteiger partial charge in [0, 0.05) is 24.2 Å². The number of para-hydroxylation sites is 1. The minimum absolute atomic E-state index is 0.0667. The molecule has 1 fully saturated rings. The fourth-order valence-corrected chi connectivity index (χ4v) is 5.50. The van der Waals surface area contributed by atoms with Crippen molar-refractivity contribution in [2.75, 3.05) is 18.4 Å². The minimum Gasteiger partial charge on any atom is -0.347 e. The highest BCUT2D eigenvalue weighted by molar-refractivity contribution is 7.89. The molecule has 0 atom stereocenters. The normalized spacial score (nSPS) is 15.2. The van der Waals surface area contributed by atoms with Crippen molar-refractivity contribution in [1.29, 1.82) is 0 Å². The largest absolute Gasteiger partial charge is 0.347 e. The Kier molecular flexibility index (Phi) is 7.27. The third-order valence-corrected chi connectivity index (χ3v) is 7.41. The first kappa shape index (κ1) is 24.2. The Hall–Kier alpha value is -2.42. The van der Waals surface area contributed by atoms with Crippen LogP contribution in [0.3, 0.4) is 0 Å². The number of sulfonamides is 1. The summed E-state index contributed by atoms with van der Waals surface area (Å²) in [4.78, 5) is 25.5. The summed E-state index contributed by atoms with van der Waals surface area (Å²) >= 11 is 6.20. The summed E-state index contributed by atoms with van der Waals surface area (Å²) < 4.78 is 27.6. The first-order valence-corrected chi connectivity index (χ1v) is 12.3. The Labute approximate surface area is 194 Å². The van der Waals surface area contributed by atoms with Gasteiger partial charge in [-0.25, -0.2) is 8.42 Å². The molecule has 0 bridgehead atoms. The number of halogens is 1. The Bertz CT molecular complexity index is 1120. The fourth-order valence-electron chi connectivity index (χ4n) is 3.48. The molecule has 2 aromatic rings. The molecule has 0 spiro atoms. The van der Waals surface area contributed by atoms with Crippen LogP contribution in [0.5, 0.6) is 0 Å². The van der Waals surface area contributed by atoms with E-state index >= 15 is 0 Å². The van der Waals surface area contributed by atoms with Gasteiger partial charge in [-0.1, -0.05) is 30.2 Å². The molecule has 1 aliphatic heterocycles. The van der Waals surface area contributed by atoms with Crippen LogP contribution in [0.25, 0.3) is 0 Å². The summed E-state index contributed by atoms with van der Waals surface area (Å²) in [6, 6.07) is 10.8. The van der Waals surface area contributed by atoms with Gasteiger partial charge in [0.1, 0.15) is 4.90 Å². The van der Waals surface area contributed by atoms with Gasteiger partial charge in [0.2, 0.25) is 10.0 Å². The van der Waals surface area contributed by atoms with E-state index in [4.69, 9.17) is 11.6 Å². The zero-order valence-electron chi connectivity index (χ0n) is 18.4. The second kappa shape index (κ2) is 9.60. The molecule has 7 nitrogen and oxygen atoms in total. The highest BCUT2D eigenvalue weighted by Gasteiger charge is 2.29. The van der Waals surface area contributed by atoms with Gasteiger partial charge in [0.05, 0.1) is 16.3 Å². The number of carbonyl (C=O) groups is 2. The van der Waals surface area contributed by atoms with Gasteiger partial charge >= 0.3 is 0 Å². The van der Waals surface area contributed by atoms with Crippen LogP contribution in [-0.2, 0) is 10.0 Å². The van der Waals surface area contributed by atoms with Crippen molar-refractivity contribution in [2.45, 2.75) is 50.5 Å². The average molecular weight is 478 g/mol. The van der Waals surface area contributed by atoms with E-state index in [2.05, 4.69) is 10.6 Å². The summed E-state index contributed by atoms with van der Waals surface area (Å²) in [7, 11) is -3.81. The van der Waals surface area contributed by atoms with Crippen molar-refractivity contribution in [3.05, 3.63) is 58.6 Å². The van der Waals surface area contributed by atoms with Crippen LogP contribution in [0.4, 0.5) is 5.69 Å². The van der Waals surface area contributed by atoms with Gasteiger partial charge in [0.15, 0.2) is 0 Å². The van der Waals surface area contributed by atoms with Crippen LogP contribution in [0.2, 0.25) is 5.02 Å². The van der Waals surface area contributed by atoms with Crippen LogP contribution < -0.4 is 10.6 Å². The summed E-state index contributed by atoms with van der Waals surface area (Å²) in [5.74, 6) is -0.856. The van der Waals surface area contributed by atoms with Crippen LogP contribution in [-0.4, -0.2) is 43.2 Å². The topological polar surface area (TPSA) is 95.6 Å². The third-order valence-electron chi connectivity index (χ3n) is 5.03. The van der Waals surface area contributed by atoms with E-state index in [0.717, 1.165) is 19.3 Å². The standard InChI is InChI=1S/C23H28ClN3O4S/c1-23(2,3)26-22(29)17-9-5-6-10-19(17)25-21(28)16-11-12-18(24)20(15-16)32(30,31)27-13-7-4-8-14-27/h5-6,9-12,15H,4,7-8,13-14H2,1-3H3,(H,25,28)(H,26,29). The Morgan fingerprint density at radius 2 is 1.62 bits per heavy atom. The van der Waals surface area contributed by atoms with E-state index in [-0.39, 0.29) is 21.4 Å². The van der Waals surface area contributed by atoms with E-state index in [1.54, 1.807) is 24.3 Å². The van der Waals surface area contributed by atoms with E-state index in [9.17, 15) is 18.0 Å². The number of benzene rings is 2. The highest BCUT2D eigenvalue weighted by Crippen LogP contribution is 2.28. The number of nitrogens with zero attached hydrogens (tertiary/aromatic N) is 1. The lowest BCUT2D eigenvalue weighted by molar-refractivity contribution is 0.0920. The zero-order chi connectivity index (χ0) is 23.5. The highest BCUT2D eigenvalue weighted by atomic mass is 35.5. The molecular formula is C23H28ClN3O4S. The summed E-state index contributed by atoms with van der Waals surface area (Å²) in [6.07, 6.45) is 2.58. The Morgan fingerprint density at radius 3 is 2.28 bits per heavy atom. The van der Waals surface area contributed by atoms with Gasteiger partial charge in [0.25, 0.3) is 11.8 Å². The number of hydrogen-bond acceptors (Lipinski definition) is 4. The third kappa shape index (κ3) is 5.68. The summed E-state index contributed by atoms with van der Waals surface area (Å²) in [5, 5.41) is 5.66. The lowest BCUT2D eigenvalue weighted by Gasteiger charge is -2.26. The molecule has 0 aromatic heterocycles. The molecule has 0 radical (unpaired) electrons. The molecule has 0 aliphatic carbocycles. The molecule has 1 saturated heterocycles. The molecular weight excluding hydrogens is 450 g/mol. The van der Waals surface area contributed by atoms with Crippen LogP contribution in [0, 0.1) is 0 Å². The number of carbonyl (C=O) groups excluding carboxylic acids is 2. The van der Waals surface area contributed by atoms with Crippen molar-refractivity contribution in [3.63, 3.8) is 0 Å². The van der Waals surface area contributed by atoms with Gasteiger partial charge in [-0.05, 0) is 63.9 Å². The predicted octanol–water partition coefficient (Wildman–Crippen LogP) is 4.30. The Morgan fingerprint density at radius 1 is 0.969 bits per heavy atom. The van der Waals surface area contributed by atoms with Gasteiger partial charge in [-0.15, -0.1) is 0 Å². The van der Waals surface area contributed by atoms with E-state index in [0.29, 0.717) is 24.3 Å². The maximum absolute atomic E-state index is 13.1. The summed E-state index contributed by atoms with van der Waals surface area (Å²) in [5.41, 5.74) is 0.332. The van der Waals surface area contributed by atoms with E-state index in [1.165, 1.54) is 22.5 Å². The molecule has 1 aliphatic rings. The molecule has 9 heteroatoms. The number of hydrogen-bond donors (Lipinski definition) is 2. The number of piperidine rings is 1. The van der Waals surface area contributed by atoms with Gasteiger partial charge in [-0.3, -0.25) is 9.59 Å². The molecule has 0 saturated carbocycles. The predicted molar refractivity (Wildman–Crippen MR) is 126 cm³/mol. The lowest BCUT2D eigenvalue weighted by Crippen LogP contribution is -2.40. The molecule has 2 N–H and O–H groups in total. The number of amides is 2. The van der Waals surface area contributed by atoms with E-state index in [1.807, 2.05) is 20.8 Å². The molecule has 2 aromatic carbocycles. The average Bonchev–Trinajstić information content (AvgIpc) is 2.73. The molecule has 3 rings (SSSR count). The van der Waals surface area contributed by atoms with Crippen molar-refractivity contribution >= 4 is 39.1 Å². The molecule has 1 heterocycles. The first-order chi connectivity index (χ1) is 15.0. The molecule has 2 amide bonds. The quantitative estimate of drug-likeness (QED) is 0.671. The first-order valence-electron chi connectivity index (χ1n) is 10.5. The summed E-state index contributed by atoms with van der Waals surface area (Å²) in [6.45, 7) is 6.47. The van der Waals surface area contributed by atoms with Crippen molar-refractivity contribution in [3.8, 4) is 0 Å². The van der Waals surface area contributed by atoms with Crippen molar-refractivity contribution in [2.24, 2.45) is 0 Å². The smallest absolute Gasteiger partial charge is 0.255 e. The van der Waals surface area contributed by atoms with Crippen molar-refractivity contribution < 1.29 is 18.0 Å². The van der Waals surface area contributed by atoms with Crippen molar-refractivity contribution in [1.82, 2.24) is 9.62 Å². The van der Waals surface area contributed by atoms with Gasteiger partial charge in [-0.2, -0.15) is 4.31 Å². The molecule has 172 valence electrons. The number of nitrogens with one attached hydrogen (secondary N) is 2. The molecule has 0 unspecified atom stereocenters. The van der Waals surface area contributed by atoms with Crippen LogP contribution in [0.15, 0.2) is 47.4 Å². The SMILES string of the molecule is CC(C)(C)NC(=O)c1ccccc1NC(=O)c1ccc(Cl)c(S(=O)(=O)N2CCCCC2)c1. The second-order valence-electron chi connectivity index (χ2n) is 8.81. The molecule has 32 heavy (non-hydrogen) atoms. The number of rotatable bonds is 5. The maximum atomic E-state index is 13.1. The van der Waals surface area contributed by atoms with Gasteiger partial charge < -0.3 is 10.6 Å². The fraction of sp³-hybridized carbons (Fsp3) is 0.391. The lowest BCUT2D eigenvalue weighted by atomic mass is 10.1. The maximum Gasteiger partial charge on any atom is 0.255 e. The van der Waals surface area contributed by atoms with E-state index < -0.39 is 21.5 Å². The second-order valence-corrected chi connectivity index (χ2v) is 11.1. The monoisotopic (exact) mass is 477 g/mol. The van der Waals surface area contributed by atoms with Crippen LogP contribution in [0.1, 0.15) is 60.7 Å².